The summed E-state index contributed by atoms with van der Waals surface area (Å²) in [6.45, 7) is 2.12. The molecular formula is C16H17NO3S. The Kier molecular flexibility index (Phi) is 5.63. The topological polar surface area (TPSA) is 55.4 Å². The second kappa shape index (κ2) is 7.69. The van der Waals surface area contributed by atoms with Gasteiger partial charge in [-0.05, 0) is 18.6 Å². The van der Waals surface area contributed by atoms with Crippen molar-refractivity contribution in [3.63, 3.8) is 0 Å². The number of allylic oxidation sites excluding steroid dienone is 2. The maximum Gasteiger partial charge on any atom is 0.308 e. The number of rotatable bonds is 5. The highest BCUT2D eigenvalue weighted by Crippen LogP contribution is 2.29. The number of ether oxygens (including phenoxy) is 1. The van der Waals surface area contributed by atoms with Crippen molar-refractivity contribution in [3.8, 4) is 0 Å². The van der Waals surface area contributed by atoms with Gasteiger partial charge in [0.05, 0.1) is 23.3 Å². The number of esters is 1. The number of hydrogen-bond acceptors (Lipinski definition) is 4. The van der Waals surface area contributed by atoms with E-state index in [0.29, 0.717) is 11.5 Å². The third-order valence-corrected chi connectivity index (χ3v) is 3.92. The lowest BCUT2D eigenvalue weighted by Crippen LogP contribution is -2.27. The number of carbonyl (C=O) groups excluding carboxylic acids is 2. The Bertz CT molecular complexity index is 566. The SMILES string of the molecule is CCOC(=O)CC1NC(=O)C(=CC=Cc2ccccc2)S1. The van der Waals surface area contributed by atoms with Gasteiger partial charge in [-0.25, -0.2) is 0 Å². The Morgan fingerprint density at radius 2 is 2.14 bits per heavy atom. The highest BCUT2D eigenvalue weighted by molar-refractivity contribution is 8.05. The number of amides is 1. The molecule has 1 aliphatic heterocycles. The minimum atomic E-state index is -0.295. The second-order valence-electron chi connectivity index (χ2n) is 4.39. The van der Waals surface area contributed by atoms with Gasteiger partial charge in [0.2, 0.25) is 0 Å². The molecule has 1 heterocycles. The van der Waals surface area contributed by atoms with Gasteiger partial charge >= 0.3 is 5.97 Å². The number of nitrogens with one attached hydrogen (secondary N) is 1. The number of thioether (sulfide) groups is 1. The normalized spacial score (nSPS) is 20.0. The van der Waals surface area contributed by atoms with Crippen molar-refractivity contribution in [2.75, 3.05) is 6.61 Å². The molecule has 0 spiro atoms. The van der Waals surface area contributed by atoms with E-state index in [-0.39, 0.29) is 23.7 Å². The van der Waals surface area contributed by atoms with Crippen molar-refractivity contribution >= 4 is 29.7 Å². The van der Waals surface area contributed by atoms with Gasteiger partial charge in [-0.1, -0.05) is 54.2 Å². The Morgan fingerprint density at radius 3 is 2.86 bits per heavy atom. The molecule has 1 saturated heterocycles. The van der Waals surface area contributed by atoms with Gasteiger partial charge in [0.1, 0.15) is 0 Å². The van der Waals surface area contributed by atoms with Crippen LogP contribution >= 0.6 is 11.8 Å². The van der Waals surface area contributed by atoms with Gasteiger partial charge in [-0.2, -0.15) is 0 Å². The highest BCUT2D eigenvalue weighted by atomic mass is 32.2. The highest BCUT2D eigenvalue weighted by Gasteiger charge is 2.28. The molecule has 5 heteroatoms. The van der Waals surface area contributed by atoms with Crippen LogP contribution in [0.4, 0.5) is 0 Å². The molecule has 0 aliphatic carbocycles. The molecule has 1 aromatic rings. The summed E-state index contributed by atoms with van der Waals surface area (Å²) in [4.78, 5) is 23.8. The van der Waals surface area contributed by atoms with E-state index in [1.807, 2.05) is 42.5 Å². The molecular weight excluding hydrogens is 286 g/mol. The summed E-state index contributed by atoms with van der Waals surface area (Å²) in [6.07, 6.45) is 5.71. The van der Waals surface area contributed by atoms with Crippen molar-refractivity contribution in [2.45, 2.75) is 18.7 Å². The smallest absolute Gasteiger partial charge is 0.308 e. The third-order valence-electron chi connectivity index (χ3n) is 2.78. The number of hydrogen-bond donors (Lipinski definition) is 1. The van der Waals surface area contributed by atoms with Crippen LogP contribution in [0.1, 0.15) is 18.9 Å². The first kappa shape index (κ1) is 15.4. The molecule has 0 bridgehead atoms. The lowest BCUT2D eigenvalue weighted by molar-refractivity contribution is -0.143. The van der Waals surface area contributed by atoms with Gasteiger partial charge in [0, 0.05) is 0 Å². The molecule has 1 aromatic carbocycles. The van der Waals surface area contributed by atoms with Crippen LogP contribution in [0.15, 0.2) is 47.4 Å². The third kappa shape index (κ3) is 4.79. The Hall–Kier alpha value is -2.01. The molecule has 1 amide bonds. The quantitative estimate of drug-likeness (QED) is 0.671. The fourth-order valence-corrected chi connectivity index (χ4v) is 2.86. The van der Waals surface area contributed by atoms with E-state index in [2.05, 4.69) is 5.32 Å². The average molecular weight is 303 g/mol. The maximum atomic E-state index is 11.8. The fourth-order valence-electron chi connectivity index (χ4n) is 1.84. The minimum absolute atomic E-state index is 0.146. The monoisotopic (exact) mass is 303 g/mol. The van der Waals surface area contributed by atoms with Gasteiger partial charge in [-0.15, -0.1) is 0 Å². The maximum absolute atomic E-state index is 11.8. The van der Waals surface area contributed by atoms with Crippen LogP contribution in [-0.4, -0.2) is 23.9 Å². The molecule has 21 heavy (non-hydrogen) atoms. The van der Waals surface area contributed by atoms with E-state index in [0.717, 1.165) is 5.56 Å². The summed E-state index contributed by atoms with van der Waals surface area (Å²) < 4.78 is 4.88. The summed E-state index contributed by atoms with van der Waals surface area (Å²) >= 11 is 1.36. The molecule has 1 atom stereocenters. The van der Waals surface area contributed by atoms with Crippen LogP contribution in [0.2, 0.25) is 0 Å². The number of carbonyl (C=O) groups is 2. The molecule has 110 valence electrons. The lowest BCUT2D eigenvalue weighted by atomic mass is 10.2. The number of benzene rings is 1. The van der Waals surface area contributed by atoms with Gasteiger partial charge in [0.25, 0.3) is 5.91 Å². The van der Waals surface area contributed by atoms with Crippen molar-refractivity contribution in [1.82, 2.24) is 5.32 Å². The van der Waals surface area contributed by atoms with Crippen LogP contribution in [0.3, 0.4) is 0 Å². The fraction of sp³-hybridized carbons (Fsp3) is 0.250. The largest absolute Gasteiger partial charge is 0.466 e. The summed E-state index contributed by atoms with van der Waals surface area (Å²) in [5.74, 6) is -0.441. The van der Waals surface area contributed by atoms with E-state index in [4.69, 9.17) is 4.74 Å². The van der Waals surface area contributed by atoms with Crippen LogP contribution in [0, 0.1) is 0 Å². The molecule has 2 rings (SSSR count). The first-order valence-corrected chi connectivity index (χ1v) is 7.63. The van der Waals surface area contributed by atoms with Crippen molar-refractivity contribution in [2.24, 2.45) is 0 Å². The second-order valence-corrected chi connectivity index (χ2v) is 5.63. The average Bonchev–Trinajstić information content (AvgIpc) is 2.80. The van der Waals surface area contributed by atoms with Gasteiger partial charge < -0.3 is 10.1 Å². The molecule has 1 fully saturated rings. The van der Waals surface area contributed by atoms with Gasteiger partial charge in [-0.3, -0.25) is 9.59 Å². The Morgan fingerprint density at radius 1 is 1.38 bits per heavy atom. The van der Waals surface area contributed by atoms with Crippen LogP contribution in [0.5, 0.6) is 0 Å². The molecule has 0 aromatic heterocycles. The summed E-state index contributed by atoms with van der Waals surface area (Å²) in [5, 5.41) is 2.52. The van der Waals surface area contributed by atoms with Crippen molar-refractivity contribution in [1.29, 1.82) is 0 Å². The van der Waals surface area contributed by atoms with Crippen molar-refractivity contribution in [3.05, 3.63) is 53.0 Å². The molecule has 1 unspecified atom stereocenters. The summed E-state index contributed by atoms with van der Waals surface area (Å²) in [7, 11) is 0. The van der Waals surface area contributed by atoms with Crippen LogP contribution < -0.4 is 5.32 Å². The standard InChI is InChI=1S/C16H17NO3S/c1-2-20-15(18)11-14-17-16(19)13(21-14)10-6-9-12-7-4-3-5-8-12/h3-10,14H,2,11H2,1H3,(H,17,19). The lowest BCUT2D eigenvalue weighted by Gasteiger charge is -2.06. The van der Waals surface area contributed by atoms with Crippen molar-refractivity contribution < 1.29 is 14.3 Å². The zero-order valence-corrected chi connectivity index (χ0v) is 12.6. The minimum Gasteiger partial charge on any atom is -0.466 e. The van der Waals surface area contributed by atoms with E-state index >= 15 is 0 Å². The molecule has 1 aliphatic rings. The molecule has 0 saturated carbocycles. The Labute approximate surface area is 128 Å². The first-order chi connectivity index (χ1) is 10.2. The van der Waals surface area contributed by atoms with E-state index in [1.54, 1.807) is 13.0 Å². The zero-order chi connectivity index (χ0) is 15.1. The van der Waals surface area contributed by atoms with E-state index in [9.17, 15) is 9.59 Å². The molecule has 1 N–H and O–H groups in total. The van der Waals surface area contributed by atoms with E-state index < -0.39 is 0 Å². The molecule has 0 radical (unpaired) electrons. The predicted molar refractivity (Wildman–Crippen MR) is 84.3 cm³/mol. The summed E-state index contributed by atoms with van der Waals surface area (Å²) in [5.41, 5.74) is 1.07. The molecule has 4 nitrogen and oxygen atoms in total. The predicted octanol–water partition coefficient (Wildman–Crippen LogP) is 2.73. The summed E-state index contributed by atoms with van der Waals surface area (Å²) in [6, 6.07) is 9.84. The zero-order valence-electron chi connectivity index (χ0n) is 11.7. The van der Waals surface area contributed by atoms with Crippen LogP contribution in [-0.2, 0) is 14.3 Å². The van der Waals surface area contributed by atoms with E-state index in [1.165, 1.54) is 11.8 Å². The van der Waals surface area contributed by atoms with Gasteiger partial charge in [0.15, 0.2) is 0 Å². The first-order valence-electron chi connectivity index (χ1n) is 6.75. The Balaban J connectivity index is 1.92. The van der Waals surface area contributed by atoms with Crippen LogP contribution in [0.25, 0.3) is 6.08 Å².